The molecule has 0 saturated carbocycles. The number of Topliss-reactive ketones (excluding diaryl/α,β-unsaturated/α-hetero) is 1. The molecule has 0 aliphatic rings. The minimum absolute atomic E-state index is 0.0283. The lowest BCUT2D eigenvalue weighted by Gasteiger charge is -2.11. The van der Waals surface area contributed by atoms with Gasteiger partial charge >= 0.3 is 5.69 Å². The number of nitrogen functional groups attached to an aromatic ring is 1. The largest absolute Gasteiger partial charge is 0.384 e. The van der Waals surface area contributed by atoms with Gasteiger partial charge in [-0.15, -0.1) is 11.8 Å². The third-order valence-corrected chi connectivity index (χ3v) is 4.75. The van der Waals surface area contributed by atoms with Gasteiger partial charge < -0.3 is 10.5 Å². The Morgan fingerprint density at radius 3 is 2.75 bits per heavy atom. The summed E-state index contributed by atoms with van der Waals surface area (Å²) in [4.78, 5) is 39.0. The van der Waals surface area contributed by atoms with Crippen molar-refractivity contribution in [3.8, 4) is 0 Å². The molecule has 0 unspecified atom stereocenters. The molecular formula is C15H16ClN3O4S. The average Bonchev–Trinajstić information content (AvgIpc) is 2.53. The van der Waals surface area contributed by atoms with Crippen molar-refractivity contribution < 1.29 is 9.53 Å². The summed E-state index contributed by atoms with van der Waals surface area (Å²) in [6.45, 7) is 0.355. The Morgan fingerprint density at radius 1 is 1.38 bits per heavy atom. The molecule has 0 amide bonds. The number of ether oxygens (including phenoxy) is 1. The number of ketones is 1. The van der Waals surface area contributed by atoms with Crippen molar-refractivity contribution in [1.82, 2.24) is 9.55 Å². The quantitative estimate of drug-likeness (QED) is 0.564. The molecule has 0 saturated heterocycles. The van der Waals surface area contributed by atoms with E-state index in [4.69, 9.17) is 22.1 Å². The van der Waals surface area contributed by atoms with Gasteiger partial charge in [0.25, 0.3) is 5.56 Å². The van der Waals surface area contributed by atoms with Crippen molar-refractivity contribution >= 4 is 35.0 Å². The molecule has 9 heteroatoms. The van der Waals surface area contributed by atoms with E-state index in [1.54, 1.807) is 24.3 Å². The number of benzene rings is 1. The molecule has 2 aromatic rings. The van der Waals surface area contributed by atoms with Gasteiger partial charge in [-0.25, -0.2) is 4.79 Å². The molecule has 3 N–H and O–H groups in total. The van der Waals surface area contributed by atoms with Gasteiger partial charge in [-0.3, -0.25) is 19.1 Å². The van der Waals surface area contributed by atoms with E-state index in [2.05, 4.69) is 4.98 Å². The average molecular weight is 370 g/mol. The van der Waals surface area contributed by atoms with Gasteiger partial charge in [0.15, 0.2) is 5.78 Å². The van der Waals surface area contributed by atoms with Crippen molar-refractivity contribution in [1.29, 1.82) is 0 Å². The number of thioether (sulfide) groups is 1. The van der Waals surface area contributed by atoms with Gasteiger partial charge in [0.1, 0.15) is 11.4 Å². The summed E-state index contributed by atoms with van der Waals surface area (Å²) in [5, 5.41) is 0.516. The molecule has 0 bridgehead atoms. The van der Waals surface area contributed by atoms with Crippen molar-refractivity contribution in [3.63, 3.8) is 0 Å². The van der Waals surface area contributed by atoms with Crippen LogP contribution in [-0.2, 0) is 11.3 Å². The van der Waals surface area contributed by atoms with E-state index in [1.807, 2.05) is 0 Å². The summed E-state index contributed by atoms with van der Waals surface area (Å²) in [5.74, 6) is -0.671. The van der Waals surface area contributed by atoms with Gasteiger partial charge in [-0.1, -0.05) is 23.7 Å². The first-order valence-electron chi connectivity index (χ1n) is 6.97. The Bertz CT molecular complexity index is 863. The van der Waals surface area contributed by atoms with E-state index in [0.717, 1.165) is 9.46 Å². The van der Waals surface area contributed by atoms with Crippen molar-refractivity contribution in [3.05, 3.63) is 55.7 Å². The lowest BCUT2D eigenvalue weighted by molar-refractivity contribution is 0.102. The maximum atomic E-state index is 12.4. The van der Waals surface area contributed by atoms with Crippen LogP contribution in [0.1, 0.15) is 10.4 Å². The lowest BCUT2D eigenvalue weighted by Crippen LogP contribution is -2.37. The monoisotopic (exact) mass is 369 g/mol. The highest BCUT2D eigenvalue weighted by molar-refractivity contribution is 8.00. The summed E-state index contributed by atoms with van der Waals surface area (Å²) in [7, 11) is 1.47. The standard InChI is InChI=1S/C15H16ClN3O4S/c1-23-7-6-19-13(17)12(14(21)18-15(19)22)10(20)8-24-11-5-3-2-4-9(11)16/h2-5H,6-8,17H2,1H3,(H,18,21,22). The fraction of sp³-hybridized carbons (Fsp3) is 0.267. The number of H-pyrrole nitrogens is 1. The van der Waals surface area contributed by atoms with Crippen LogP contribution in [-0.4, -0.2) is 34.8 Å². The number of hydrogen-bond acceptors (Lipinski definition) is 6. The van der Waals surface area contributed by atoms with E-state index in [9.17, 15) is 14.4 Å². The fourth-order valence-electron chi connectivity index (χ4n) is 2.04. The molecule has 0 spiro atoms. The zero-order valence-electron chi connectivity index (χ0n) is 12.9. The Kier molecular flexibility index (Phi) is 6.24. The highest BCUT2D eigenvalue weighted by Gasteiger charge is 2.19. The Hall–Kier alpha value is -2.03. The first-order valence-corrected chi connectivity index (χ1v) is 8.34. The van der Waals surface area contributed by atoms with Gasteiger partial charge in [0, 0.05) is 12.0 Å². The molecule has 128 valence electrons. The second-order valence-corrected chi connectivity index (χ2v) is 6.23. The molecule has 1 heterocycles. The molecule has 0 atom stereocenters. The third kappa shape index (κ3) is 4.08. The number of nitrogens with zero attached hydrogens (tertiary/aromatic N) is 1. The number of aromatic amines is 1. The van der Waals surface area contributed by atoms with Crippen LogP contribution >= 0.6 is 23.4 Å². The summed E-state index contributed by atoms with van der Waals surface area (Å²) < 4.78 is 6.00. The summed E-state index contributed by atoms with van der Waals surface area (Å²) in [6.07, 6.45) is 0. The topological polar surface area (TPSA) is 107 Å². The molecule has 1 aromatic heterocycles. The maximum Gasteiger partial charge on any atom is 0.330 e. The Balaban J connectivity index is 2.27. The number of carbonyl (C=O) groups excluding carboxylic acids is 1. The first kappa shape index (κ1) is 18.3. The number of anilines is 1. The van der Waals surface area contributed by atoms with E-state index >= 15 is 0 Å². The molecule has 0 radical (unpaired) electrons. The number of carbonyl (C=O) groups is 1. The number of aromatic nitrogens is 2. The minimum Gasteiger partial charge on any atom is -0.384 e. The molecule has 0 fully saturated rings. The van der Waals surface area contributed by atoms with E-state index in [1.165, 1.54) is 18.9 Å². The second kappa shape index (κ2) is 8.18. The summed E-state index contributed by atoms with van der Waals surface area (Å²) >= 11 is 7.23. The number of nitrogens with two attached hydrogens (primary N) is 1. The van der Waals surface area contributed by atoms with Crippen molar-refractivity contribution in [2.75, 3.05) is 25.2 Å². The van der Waals surface area contributed by atoms with Crippen molar-refractivity contribution in [2.45, 2.75) is 11.4 Å². The number of rotatable bonds is 7. The molecular weight excluding hydrogens is 354 g/mol. The first-order chi connectivity index (χ1) is 11.5. The molecule has 24 heavy (non-hydrogen) atoms. The van der Waals surface area contributed by atoms with Gasteiger partial charge in [0.2, 0.25) is 0 Å². The van der Waals surface area contributed by atoms with Crippen LogP contribution in [0.15, 0.2) is 38.8 Å². The van der Waals surface area contributed by atoms with Crippen molar-refractivity contribution in [2.24, 2.45) is 0 Å². The molecule has 2 rings (SSSR count). The van der Waals surface area contributed by atoms with Gasteiger partial charge in [0.05, 0.1) is 23.9 Å². The highest BCUT2D eigenvalue weighted by Crippen LogP contribution is 2.27. The summed E-state index contributed by atoms with van der Waals surface area (Å²) in [6, 6.07) is 7.06. The van der Waals surface area contributed by atoms with Crippen LogP contribution in [0.25, 0.3) is 0 Å². The summed E-state index contributed by atoms with van der Waals surface area (Å²) in [5.41, 5.74) is 4.15. The Labute approximate surface area is 146 Å². The van der Waals surface area contributed by atoms with Crippen LogP contribution in [0, 0.1) is 0 Å². The zero-order valence-corrected chi connectivity index (χ0v) is 14.4. The maximum absolute atomic E-state index is 12.4. The number of methoxy groups -OCH3 is 1. The molecule has 1 aromatic carbocycles. The highest BCUT2D eigenvalue weighted by atomic mass is 35.5. The van der Waals surface area contributed by atoms with E-state index in [0.29, 0.717) is 5.02 Å². The molecule has 0 aliphatic heterocycles. The lowest BCUT2D eigenvalue weighted by atomic mass is 10.2. The number of halogens is 1. The normalized spacial score (nSPS) is 10.8. The minimum atomic E-state index is -0.795. The van der Waals surface area contributed by atoms with Crippen LogP contribution < -0.4 is 17.0 Å². The number of hydrogen-bond donors (Lipinski definition) is 2. The van der Waals surface area contributed by atoms with Crippen LogP contribution in [0.5, 0.6) is 0 Å². The van der Waals surface area contributed by atoms with Crippen LogP contribution in [0.4, 0.5) is 5.82 Å². The zero-order chi connectivity index (χ0) is 17.7. The van der Waals surface area contributed by atoms with Crippen LogP contribution in [0.2, 0.25) is 5.02 Å². The SMILES string of the molecule is COCCn1c(N)c(C(=O)CSc2ccccc2Cl)c(=O)[nH]c1=O. The predicted octanol–water partition coefficient (Wildman–Crippen LogP) is 1.39. The van der Waals surface area contributed by atoms with Gasteiger partial charge in [-0.2, -0.15) is 0 Å². The fourth-order valence-corrected chi connectivity index (χ4v) is 3.15. The second-order valence-electron chi connectivity index (χ2n) is 4.81. The van der Waals surface area contributed by atoms with Gasteiger partial charge in [-0.05, 0) is 12.1 Å². The molecule has 0 aliphatic carbocycles. The number of nitrogens with one attached hydrogen (secondary N) is 1. The Morgan fingerprint density at radius 2 is 2.08 bits per heavy atom. The van der Waals surface area contributed by atoms with Crippen LogP contribution in [0.3, 0.4) is 0 Å². The smallest absolute Gasteiger partial charge is 0.330 e. The third-order valence-electron chi connectivity index (χ3n) is 3.23. The van der Waals surface area contributed by atoms with E-state index < -0.39 is 17.0 Å². The predicted molar refractivity (Wildman–Crippen MR) is 94.1 cm³/mol. The van der Waals surface area contributed by atoms with E-state index in [-0.39, 0.29) is 30.3 Å². The molecule has 7 nitrogen and oxygen atoms in total.